The van der Waals surface area contributed by atoms with Crippen LogP contribution in [0, 0.1) is 63.7 Å². The van der Waals surface area contributed by atoms with Crippen LogP contribution in [0.1, 0.15) is 95.9 Å². The molecule has 0 atom stereocenters. The number of benzene rings is 5. The molecule has 362 valence electrons. The zero-order valence-corrected chi connectivity index (χ0v) is 39.7. The maximum absolute atomic E-state index is 13.3. The first-order chi connectivity index (χ1) is 31.4. The van der Waals surface area contributed by atoms with Crippen molar-refractivity contribution in [1.82, 2.24) is 26.0 Å². The van der Waals surface area contributed by atoms with E-state index in [-0.39, 0.29) is 64.2 Å². The number of carbonyl (C=O) groups is 4. The van der Waals surface area contributed by atoms with Gasteiger partial charge < -0.3 is 26.4 Å². The first-order valence-electron chi connectivity index (χ1n) is 20.9. The third-order valence-electron chi connectivity index (χ3n) is 9.08. The average Bonchev–Trinajstić information content (AvgIpc) is 4.07. The molecule has 0 aliphatic heterocycles. The van der Waals surface area contributed by atoms with E-state index in [1.165, 1.54) is 74.8 Å². The summed E-state index contributed by atoms with van der Waals surface area (Å²) in [6, 6.07) is 22.4. The molecule has 4 amide bonds. The lowest BCUT2D eigenvalue weighted by molar-refractivity contribution is 0.0931. The fourth-order valence-corrected chi connectivity index (χ4v) is 6.16. The number of halogens is 5. The molecular formula is C49H58F5N5O7S. The van der Waals surface area contributed by atoms with Crippen molar-refractivity contribution in [2.24, 2.45) is 0 Å². The van der Waals surface area contributed by atoms with Crippen LogP contribution in [0.25, 0.3) is 0 Å². The largest absolute Gasteiger partial charge is 0.395 e. The first kappa shape index (κ1) is 56.6. The summed E-state index contributed by atoms with van der Waals surface area (Å²) in [6.07, 6.45) is 2.03. The number of hydrogen-bond acceptors (Lipinski definition) is 7. The molecule has 1 aliphatic carbocycles. The Morgan fingerprint density at radius 3 is 1.25 bits per heavy atom. The summed E-state index contributed by atoms with van der Waals surface area (Å²) in [6.45, 7) is 12.5. The third kappa shape index (κ3) is 19.5. The Labute approximate surface area is 388 Å². The molecule has 0 radical (unpaired) electrons. The van der Waals surface area contributed by atoms with E-state index in [1.54, 1.807) is 65.0 Å². The van der Waals surface area contributed by atoms with Crippen molar-refractivity contribution in [3.8, 4) is 0 Å². The van der Waals surface area contributed by atoms with E-state index in [0.29, 0.717) is 5.56 Å². The minimum absolute atomic E-state index is 0.00375. The summed E-state index contributed by atoms with van der Waals surface area (Å²) in [5, 5.41) is 18.6. The topological polar surface area (TPSA) is 183 Å². The van der Waals surface area contributed by atoms with E-state index >= 15 is 0 Å². The molecule has 6 rings (SSSR count). The van der Waals surface area contributed by atoms with Gasteiger partial charge in [-0.15, -0.1) is 0 Å². The number of hydrogen-bond donors (Lipinski definition) is 6. The van der Waals surface area contributed by atoms with Gasteiger partial charge in [-0.05, 0) is 157 Å². The zero-order valence-electron chi connectivity index (χ0n) is 38.8. The molecule has 12 nitrogen and oxygen atoms in total. The quantitative estimate of drug-likeness (QED) is 0.0776. The van der Waals surface area contributed by atoms with Crippen molar-refractivity contribution in [2.45, 2.75) is 78.3 Å². The molecule has 6 N–H and O–H groups in total. The first-order valence-corrected chi connectivity index (χ1v) is 22.4. The highest BCUT2D eigenvalue weighted by molar-refractivity contribution is 7.89. The molecule has 1 fully saturated rings. The van der Waals surface area contributed by atoms with Gasteiger partial charge in [0.15, 0.2) is 0 Å². The van der Waals surface area contributed by atoms with E-state index in [9.17, 15) is 49.5 Å². The lowest BCUT2D eigenvalue weighted by atomic mass is 10.1. The molecule has 0 spiro atoms. The fraction of sp³-hybridized carbons (Fsp3) is 0.306. The molecule has 0 aromatic heterocycles. The van der Waals surface area contributed by atoms with Crippen molar-refractivity contribution >= 4 is 33.7 Å². The van der Waals surface area contributed by atoms with Gasteiger partial charge in [0.25, 0.3) is 23.6 Å². The SMILES string of the molecule is CNC(=O)c1ccc(C)cc1F.CNS(=O)(=O)c1ccc(C)cc1F.Cc1ccc(C(=O)NC(C)C)c(F)c1.Cc1ccc(C(=O)NC2CC2)c(F)c1.Cc1ccc(C(=O)NCCO)c(F)c1. The summed E-state index contributed by atoms with van der Waals surface area (Å²) in [4.78, 5) is 44.9. The second-order valence-electron chi connectivity index (χ2n) is 15.5. The van der Waals surface area contributed by atoms with Crippen molar-refractivity contribution in [3.05, 3.63) is 170 Å². The highest BCUT2D eigenvalue weighted by atomic mass is 32.2. The second kappa shape index (κ2) is 27.2. The molecule has 18 heteroatoms. The highest BCUT2D eigenvalue weighted by Gasteiger charge is 2.25. The maximum Gasteiger partial charge on any atom is 0.254 e. The lowest BCUT2D eigenvalue weighted by Crippen LogP contribution is -2.30. The fourth-order valence-electron chi connectivity index (χ4n) is 5.38. The molecule has 0 saturated heterocycles. The Morgan fingerprint density at radius 2 is 0.925 bits per heavy atom. The summed E-state index contributed by atoms with van der Waals surface area (Å²) in [7, 11) is -0.952. The predicted molar refractivity (Wildman–Crippen MR) is 248 cm³/mol. The molecule has 0 bridgehead atoms. The Morgan fingerprint density at radius 1 is 0.567 bits per heavy atom. The Bertz CT molecular complexity index is 2540. The number of nitrogens with one attached hydrogen (secondary N) is 5. The zero-order chi connectivity index (χ0) is 50.6. The summed E-state index contributed by atoms with van der Waals surface area (Å²) < 4.78 is 90.4. The number of rotatable bonds is 10. The second-order valence-corrected chi connectivity index (χ2v) is 17.4. The van der Waals surface area contributed by atoms with Crippen molar-refractivity contribution in [3.63, 3.8) is 0 Å². The van der Waals surface area contributed by atoms with Gasteiger partial charge in [0.05, 0.1) is 28.9 Å². The normalized spacial score (nSPS) is 11.4. The van der Waals surface area contributed by atoms with Gasteiger partial charge >= 0.3 is 0 Å². The minimum Gasteiger partial charge on any atom is -0.395 e. The van der Waals surface area contributed by atoms with Crippen LogP contribution >= 0.6 is 0 Å². The van der Waals surface area contributed by atoms with Crippen LogP contribution in [0.2, 0.25) is 0 Å². The van der Waals surface area contributed by atoms with E-state index < -0.39 is 50.9 Å². The van der Waals surface area contributed by atoms with Gasteiger partial charge in [0, 0.05) is 25.7 Å². The molecule has 0 unspecified atom stereocenters. The Balaban J connectivity index is 0.000000288. The highest BCUT2D eigenvalue weighted by Crippen LogP contribution is 2.20. The summed E-state index contributed by atoms with van der Waals surface area (Å²) in [5.41, 5.74) is 4.22. The Hall–Kier alpha value is -6.50. The summed E-state index contributed by atoms with van der Waals surface area (Å²) >= 11 is 0. The van der Waals surface area contributed by atoms with Crippen molar-refractivity contribution < 1.29 is 54.7 Å². The molecular weight excluding hydrogens is 898 g/mol. The van der Waals surface area contributed by atoms with Crippen LogP contribution in [0.3, 0.4) is 0 Å². The number of carbonyl (C=O) groups excluding carboxylic acids is 4. The van der Waals surface area contributed by atoms with Crippen LogP contribution in [0.4, 0.5) is 22.0 Å². The minimum atomic E-state index is -3.67. The van der Waals surface area contributed by atoms with Crippen molar-refractivity contribution in [2.75, 3.05) is 27.2 Å². The molecule has 0 heterocycles. The van der Waals surface area contributed by atoms with Crippen LogP contribution in [-0.2, 0) is 10.0 Å². The molecule has 5 aromatic rings. The monoisotopic (exact) mass is 955 g/mol. The maximum atomic E-state index is 13.3. The predicted octanol–water partition coefficient (Wildman–Crippen LogP) is 7.69. The molecule has 1 saturated carbocycles. The van der Waals surface area contributed by atoms with Crippen LogP contribution < -0.4 is 26.0 Å². The number of aryl methyl sites for hydroxylation is 5. The van der Waals surface area contributed by atoms with Crippen LogP contribution in [0.5, 0.6) is 0 Å². The van der Waals surface area contributed by atoms with E-state index in [2.05, 4.69) is 26.0 Å². The molecule has 67 heavy (non-hydrogen) atoms. The number of sulfonamides is 1. The van der Waals surface area contributed by atoms with E-state index in [0.717, 1.165) is 35.1 Å². The van der Waals surface area contributed by atoms with Gasteiger partial charge in [-0.3, -0.25) is 19.2 Å². The standard InChI is InChI=1S/C11H12FNO.C11H14FNO.C10H12FNO2.C9H10FNO.C8H10FNO2S/c1-7-2-5-9(10(12)6-7)11(14)13-8-3-4-8;1-7(2)13-11(14)9-5-4-8(3)6-10(9)12;1-7-2-3-8(9(11)6-7)10(14)12-4-5-13;1-6-3-4-7(8(10)5-6)9(12)11-2;1-6-3-4-8(7(9)5-6)13(11,12)10-2/h2,5-6,8H,3-4H2,1H3,(H,13,14);4-7H,1-3H3,(H,13,14);2-3,6,13H,4-5H2,1H3,(H,12,14);3-5H,1-2H3,(H,11,12);3-5,10H,1-2H3. The van der Waals surface area contributed by atoms with Gasteiger partial charge in [-0.25, -0.2) is 35.1 Å². The molecule has 1 aliphatic rings. The van der Waals surface area contributed by atoms with Gasteiger partial charge in [-0.1, -0.05) is 30.3 Å². The van der Waals surface area contributed by atoms with Crippen LogP contribution in [0.15, 0.2) is 95.9 Å². The average molecular weight is 956 g/mol. The van der Waals surface area contributed by atoms with Gasteiger partial charge in [0.1, 0.15) is 34.0 Å². The number of aliphatic hydroxyl groups is 1. The number of aliphatic hydroxyl groups excluding tert-OH is 1. The van der Waals surface area contributed by atoms with E-state index in [4.69, 9.17) is 5.11 Å². The number of amides is 4. The Kier molecular flexibility index (Phi) is 23.0. The van der Waals surface area contributed by atoms with E-state index in [1.807, 2.05) is 13.8 Å². The van der Waals surface area contributed by atoms with Crippen LogP contribution in [-0.4, -0.2) is 76.5 Å². The smallest absolute Gasteiger partial charge is 0.254 e. The lowest BCUT2D eigenvalue weighted by Gasteiger charge is -2.08. The van der Waals surface area contributed by atoms with Crippen molar-refractivity contribution in [1.29, 1.82) is 0 Å². The third-order valence-corrected chi connectivity index (χ3v) is 10.5. The molecule has 5 aromatic carbocycles. The van der Waals surface area contributed by atoms with Gasteiger partial charge in [0.2, 0.25) is 10.0 Å². The van der Waals surface area contributed by atoms with Gasteiger partial charge in [-0.2, -0.15) is 0 Å². The summed E-state index contributed by atoms with van der Waals surface area (Å²) in [5.74, 6) is -4.22.